The molecular weight excluding hydrogens is 542 g/mol. The molecule has 0 spiro atoms. The van der Waals surface area contributed by atoms with Gasteiger partial charge >= 0.3 is 6.09 Å². The van der Waals surface area contributed by atoms with Gasteiger partial charge in [-0.05, 0) is 71.2 Å². The summed E-state index contributed by atoms with van der Waals surface area (Å²) in [4.78, 5) is 25.1. The summed E-state index contributed by atoms with van der Waals surface area (Å²) in [5.41, 5.74) is 0.595. The Balaban J connectivity index is 1.65. The zero-order valence-corrected chi connectivity index (χ0v) is 24.2. The van der Waals surface area contributed by atoms with Gasteiger partial charge in [0.2, 0.25) is 16.0 Å². The summed E-state index contributed by atoms with van der Waals surface area (Å²) in [6.45, 7) is 9.43. The zero-order chi connectivity index (χ0) is 29.4. The number of halogens is 2. The van der Waals surface area contributed by atoms with Gasteiger partial charge in [-0.25, -0.2) is 36.3 Å². The van der Waals surface area contributed by atoms with Gasteiger partial charge in [-0.3, -0.25) is 4.98 Å². The number of amides is 1. The van der Waals surface area contributed by atoms with Gasteiger partial charge in [0, 0.05) is 35.8 Å². The summed E-state index contributed by atoms with van der Waals surface area (Å²) in [6, 6.07) is 3.82. The van der Waals surface area contributed by atoms with E-state index >= 15 is 4.39 Å². The minimum atomic E-state index is -3.27. The molecule has 1 fully saturated rings. The fourth-order valence-corrected chi connectivity index (χ4v) is 5.53. The molecule has 13 heteroatoms. The quantitative estimate of drug-likeness (QED) is 0.433. The van der Waals surface area contributed by atoms with Crippen molar-refractivity contribution in [3.63, 3.8) is 0 Å². The van der Waals surface area contributed by atoms with Crippen molar-refractivity contribution < 1.29 is 26.7 Å². The first kappa shape index (κ1) is 29.5. The van der Waals surface area contributed by atoms with Crippen LogP contribution in [0.5, 0.6) is 0 Å². The van der Waals surface area contributed by atoms with E-state index < -0.39 is 39.4 Å². The number of nitrogens with one attached hydrogen (secondary N) is 2. The second kappa shape index (κ2) is 11.2. The van der Waals surface area contributed by atoms with Crippen LogP contribution >= 0.6 is 0 Å². The molecule has 1 unspecified atom stereocenters. The van der Waals surface area contributed by atoms with Crippen molar-refractivity contribution in [2.75, 3.05) is 24.7 Å². The number of fused-ring (bicyclic) bond motifs is 1. The van der Waals surface area contributed by atoms with Crippen LogP contribution in [0, 0.1) is 18.6 Å². The van der Waals surface area contributed by atoms with Crippen molar-refractivity contribution in [2.45, 2.75) is 65.1 Å². The van der Waals surface area contributed by atoms with Crippen LogP contribution in [0.15, 0.2) is 24.4 Å². The molecule has 10 nitrogen and oxygen atoms in total. The molecular formula is C27H34F2N6O4S. The molecule has 0 saturated carbocycles. The van der Waals surface area contributed by atoms with Crippen molar-refractivity contribution in [1.82, 2.24) is 24.6 Å². The number of nitrogens with zero attached hydrogens (tertiary/aromatic N) is 4. The third-order valence-corrected chi connectivity index (χ3v) is 7.80. The number of pyridine rings is 1. The molecule has 1 aromatic carbocycles. The van der Waals surface area contributed by atoms with Crippen molar-refractivity contribution in [1.29, 1.82) is 0 Å². The van der Waals surface area contributed by atoms with Crippen molar-refractivity contribution in [3.05, 3.63) is 47.3 Å². The second-order valence-corrected chi connectivity index (χ2v) is 13.0. The first-order valence-electron chi connectivity index (χ1n) is 13.0. The van der Waals surface area contributed by atoms with Crippen LogP contribution in [0.1, 0.15) is 57.8 Å². The first-order valence-corrected chi connectivity index (χ1v) is 14.8. The van der Waals surface area contributed by atoms with Crippen LogP contribution in [-0.4, -0.2) is 64.8 Å². The minimum absolute atomic E-state index is 0.0852. The standard InChI is InChI=1S/C27H34F2N6O4S/c1-15-11-19(16(2)32-26(36)39-27(3,4)5)20-12-17(13-21(28)24(20)31-15)23-22(29)14-30-25(34-23)33-18-7-9-35(10-8-18)40(6,37)38/h11-14,16,18H,7-10H2,1-6H3,(H,32,36)(H,30,33,34). The van der Waals surface area contributed by atoms with Crippen molar-refractivity contribution in [2.24, 2.45) is 0 Å². The van der Waals surface area contributed by atoms with Gasteiger partial charge in [0.15, 0.2) is 5.82 Å². The Kier molecular flexibility index (Phi) is 8.27. The fourth-order valence-electron chi connectivity index (χ4n) is 4.65. The molecule has 4 rings (SSSR count). The summed E-state index contributed by atoms with van der Waals surface area (Å²) in [7, 11) is -3.27. The number of anilines is 1. The number of carbonyl (C=O) groups excluding carboxylic acids is 1. The number of hydrogen-bond donors (Lipinski definition) is 2. The highest BCUT2D eigenvalue weighted by atomic mass is 32.2. The molecule has 0 radical (unpaired) electrons. The van der Waals surface area contributed by atoms with Crippen LogP contribution in [-0.2, 0) is 14.8 Å². The number of sulfonamides is 1. The molecule has 40 heavy (non-hydrogen) atoms. The number of hydrogen-bond acceptors (Lipinski definition) is 8. The molecule has 3 aromatic rings. The lowest BCUT2D eigenvalue weighted by Crippen LogP contribution is -2.42. The highest BCUT2D eigenvalue weighted by Crippen LogP contribution is 2.32. The van der Waals surface area contributed by atoms with E-state index in [1.54, 1.807) is 46.8 Å². The first-order chi connectivity index (χ1) is 18.6. The number of rotatable bonds is 6. The summed E-state index contributed by atoms with van der Waals surface area (Å²) >= 11 is 0. The molecule has 1 amide bonds. The topological polar surface area (TPSA) is 126 Å². The minimum Gasteiger partial charge on any atom is -0.444 e. The monoisotopic (exact) mass is 576 g/mol. The number of piperidine rings is 1. The Morgan fingerprint density at radius 1 is 1.12 bits per heavy atom. The summed E-state index contributed by atoms with van der Waals surface area (Å²) in [5.74, 6) is -1.25. The normalized spacial score (nSPS) is 16.1. The Morgan fingerprint density at radius 2 is 1.80 bits per heavy atom. The molecule has 1 aliphatic rings. The molecule has 1 saturated heterocycles. The van der Waals surface area contributed by atoms with Gasteiger partial charge in [0.25, 0.3) is 0 Å². The van der Waals surface area contributed by atoms with Gasteiger partial charge in [-0.15, -0.1) is 0 Å². The molecule has 216 valence electrons. The van der Waals surface area contributed by atoms with E-state index in [0.29, 0.717) is 42.6 Å². The lowest BCUT2D eigenvalue weighted by molar-refractivity contribution is 0.0508. The van der Waals surface area contributed by atoms with E-state index in [0.717, 1.165) is 6.20 Å². The lowest BCUT2D eigenvalue weighted by Gasteiger charge is -2.30. The van der Waals surface area contributed by atoms with Crippen LogP contribution in [0.3, 0.4) is 0 Å². The maximum atomic E-state index is 15.4. The summed E-state index contributed by atoms with van der Waals surface area (Å²) < 4.78 is 60.7. The highest BCUT2D eigenvalue weighted by Gasteiger charge is 2.26. The van der Waals surface area contributed by atoms with Crippen LogP contribution in [0.2, 0.25) is 0 Å². The second-order valence-electron chi connectivity index (χ2n) is 11.0. The van der Waals surface area contributed by atoms with E-state index in [-0.39, 0.29) is 28.8 Å². The van der Waals surface area contributed by atoms with Crippen LogP contribution in [0.4, 0.5) is 19.5 Å². The number of ether oxygens (including phenoxy) is 1. The number of carbonyl (C=O) groups is 1. The zero-order valence-electron chi connectivity index (χ0n) is 23.4. The van der Waals surface area contributed by atoms with Crippen molar-refractivity contribution >= 4 is 33.0 Å². The number of aromatic nitrogens is 3. The van der Waals surface area contributed by atoms with Gasteiger partial charge < -0.3 is 15.4 Å². The van der Waals surface area contributed by atoms with Gasteiger partial charge in [-0.2, -0.15) is 0 Å². The average molecular weight is 577 g/mol. The van der Waals surface area contributed by atoms with Gasteiger partial charge in [0.1, 0.15) is 22.6 Å². The Bertz CT molecular complexity index is 1540. The Morgan fingerprint density at radius 3 is 2.42 bits per heavy atom. The number of alkyl carbamates (subject to hydrolysis) is 1. The molecule has 1 atom stereocenters. The van der Waals surface area contributed by atoms with E-state index in [4.69, 9.17) is 4.74 Å². The maximum Gasteiger partial charge on any atom is 0.408 e. The number of benzene rings is 1. The van der Waals surface area contributed by atoms with Gasteiger partial charge in [-0.1, -0.05) is 0 Å². The van der Waals surface area contributed by atoms with E-state index in [1.165, 1.54) is 16.6 Å². The lowest BCUT2D eigenvalue weighted by atomic mass is 9.98. The fraction of sp³-hybridized carbons (Fsp3) is 0.481. The van der Waals surface area contributed by atoms with Crippen molar-refractivity contribution in [3.8, 4) is 11.3 Å². The van der Waals surface area contributed by atoms with Crippen LogP contribution in [0.25, 0.3) is 22.2 Å². The van der Waals surface area contributed by atoms with Gasteiger partial charge in [0.05, 0.1) is 18.5 Å². The van der Waals surface area contributed by atoms with E-state index in [2.05, 4.69) is 25.6 Å². The number of aryl methyl sites for hydroxylation is 1. The smallest absolute Gasteiger partial charge is 0.408 e. The van der Waals surface area contributed by atoms with E-state index in [9.17, 15) is 17.6 Å². The predicted molar refractivity (Wildman–Crippen MR) is 148 cm³/mol. The van der Waals surface area contributed by atoms with Crippen LogP contribution < -0.4 is 10.6 Å². The summed E-state index contributed by atoms with van der Waals surface area (Å²) in [6.07, 6.45) is 2.63. The summed E-state index contributed by atoms with van der Waals surface area (Å²) in [5, 5.41) is 6.30. The highest BCUT2D eigenvalue weighted by molar-refractivity contribution is 7.88. The molecule has 0 bridgehead atoms. The molecule has 3 heterocycles. The molecule has 2 aromatic heterocycles. The molecule has 2 N–H and O–H groups in total. The SMILES string of the molecule is Cc1cc(C(C)NC(=O)OC(C)(C)C)c2cc(-c3nc(NC4CCN(S(C)(=O)=O)CC4)ncc3F)cc(F)c2n1. The molecule has 1 aliphatic heterocycles. The third-order valence-electron chi connectivity index (χ3n) is 6.50. The average Bonchev–Trinajstić information content (AvgIpc) is 2.83. The largest absolute Gasteiger partial charge is 0.444 e. The third kappa shape index (κ3) is 7.00. The predicted octanol–water partition coefficient (Wildman–Crippen LogP) is 4.70. The Hall–Kier alpha value is -3.45. The van der Waals surface area contributed by atoms with E-state index in [1.807, 2.05) is 0 Å². The Labute approximate surface area is 232 Å². The molecule has 0 aliphatic carbocycles. The maximum absolute atomic E-state index is 15.4.